The van der Waals surface area contributed by atoms with E-state index in [-0.39, 0.29) is 23.9 Å². The predicted octanol–water partition coefficient (Wildman–Crippen LogP) is 2.36. The molecule has 0 fully saturated rings. The summed E-state index contributed by atoms with van der Waals surface area (Å²) in [5, 5.41) is 2.87. The summed E-state index contributed by atoms with van der Waals surface area (Å²) in [5.74, 6) is 0.554. The number of carbonyl (C=O) groups is 1. The van der Waals surface area contributed by atoms with Crippen LogP contribution in [0.25, 0.3) is 0 Å². The summed E-state index contributed by atoms with van der Waals surface area (Å²) >= 11 is 0. The van der Waals surface area contributed by atoms with E-state index in [1.807, 2.05) is 19.9 Å². The number of methoxy groups -OCH3 is 1. The summed E-state index contributed by atoms with van der Waals surface area (Å²) in [6, 6.07) is 7.07. The van der Waals surface area contributed by atoms with Crippen molar-refractivity contribution in [3.63, 3.8) is 0 Å². The van der Waals surface area contributed by atoms with Gasteiger partial charge in [0.25, 0.3) is 5.91 Å². The highest BCUT2D eigenvalue weighted by Crippen LogP contribution is 2.13. The normalized spacial score (nSPS) is 10.5. The first-order valence-corrected chi connectivity index (χ1v) is 6.25. The third kappa shape index (κ3) is 5.09. The molecule has 19 heavy (non-hydrogen) atoms. The number of nitrogens with two attached hydrogens (primary N) is 1. The standard InChI is InChI=1S/C14H22N2O2.ClH/c1-4-14(15,5-2)10-16-13(17)11-7-6-8-12(9-11)18-3;/h6-9H,4-5,10,15H2,1-3H3,(H,16,17);1H. The fourth-order valence-electron chi connectivity index (χ4n) is 1.62. The van der Waals surface area contributed by atoms with Crippen LogP contribution in [-0.2, 0) is 0 Å². The third-order valence-corrected chi connectivity index (χ3v) is 3.34. The molecule has 0 bridgehead atoms. The molecule has 1 aromatic rings. The molecule has 5 heteroatoms. The van der Waals surface area contributed by atoms with Gasteiger partial charge in [0.15, 0.2) is 0 Å². The van der Waals surface area contributed by atoms with E-state index in [0.29, 0.717) is 17.9 Å². The number of benzene rings is 1. The largest absolute Gasteiger partial charge is 0.497 e. The second kappa shape index (κ2) is 8.02. The van der Waals surface area contributed by atoms with Crippen molar-refractivity contribution in [2.45, 2.75) is 32.2 Å². The summed E-state index contributed by atoms with van der Waals surface area (Å²) in [6.07, 6.45) is 1.67. The van der Waals surface area contributed by atoms with Gasteiger partial charge in [0, 0.05) is 17.6 Å². The van der Waals surface area contributed by atoms with Crippen LogP contribution in [0.1, 0.15) is 37.0 Å². The number of rotatable bonds is 6. The lowest BCUT2D eigenvalue weighted by molar-refractivity contribution is 0.0942. The van der Waals surface area contributed by atoms with E-state index in [4.69, 9.17) is 10.5 Å². The van der Waals surface area contributed by atoms with Gasteiger partial charge in [0.05, 0.1) is 7.11 Å². The van der Waals surface area contributed by atoms with Crippen LogP contribution in [-0.4, -0.2) is 25.1 Å². The Morgan fingerprint density at radius 1 is 1.37 bits per heavy atom. The molecule has 0 saturated heterocycles. The Morgan fingerprint density at radius 3 is 2.53 bits per heavy atom. The topological polar surface area (TPSA) is 64.3 Å². The van der Waals surface area contributed by atoms with Crippen molar-refractivity contribution in [3.8, 4) is 5.75 Å². The molecule has 0 heterocycles. The quantitative estimate of drug-likeness (QED) is 0.844. The molecule has 0 unspecified atom stereocenters. The number of halogens is 1. The van der Waals surface area contributed by atoms with Crippen LogP contribution in [0.2, 0.25) is 0 Å². The zero-order valence-corrected chi connectivity index (χ0v) is 12.5. The highest BCUT2D eigenvalue weighted by Gasteiger charge is 2.21. The minimum atomic E-state index is -0.325. The van der Waals surface area contributed by atoms with E-state index in [9.17, 15) is 4.79 Å². The van der Waals surface area contributed by atoms with Crippen LogP contribution < -0.4 is 15.8 Å². The summed E-state index contributed by atoms with van der Waals surface area (Å²) in [7, 11) is 1.58. The van der Waals surface area contributed by atoms with Crippen LogP contribution >= 0.6 is 12.4 Å². The van der Waals surface area contributed by atoms with Gasteiger partial charge >= 0.3 is 0 Å². The molecule has 0 aliphatic heterocycles. The summed E-state index contributed by atoms with van der Waals surface area (Å²) < 4.78 is 5.09. The van der Waals surface area contributed by atoms with Gasteiger partial charge in [-0.25, -0.2) is 0 Å². The van der Waals surface area contributed by atoms with Crippen molar-refractivity contribution in [2.24, 2.45) is 5.73 Å². The monoisotopic (exact) mass is 286 g/mol. The van der Waals surface area contributed by atoms with Gasteiger partial charge in [-0.1, -0.05) is 19.9 Å². The summed E-state index contributed by atoms with van der Waals surface area (Å²) in [4.78, 5) is 12.0. The molecule has 0 atom stereocenters. The Hall–Kier alpha value is -1.26. The molecule has 1 aromatic carbocycles. The van der Waals surface area contributed by atoms with Crippen molar-refractivity contribution in [2.75, 3.05) is 13.7 Å². The highest BCUT2D eigenvalue weighted by atomic mass is 35.5. The molecular weight excluding hydrogens is 264 g/mol. The van der Waals surface area contributed by atoms with E-state index in [0.717, 1.165) is 12.8 Å². The van der Waals surface area contributed by atoms with Crippen LogP contribution in [0, 0.1) is 0 Å². The number of amides is 1. The van der Waals surface area contributed by atoms with E-state index < -0.39 is 0 Å². The fourth-order valence-corrected chi connectivity index (χ4v) is 1.62. The minimum absolute atomic E-state index is 0. The van der Waals surface area contributed by atoms with E-state index in [1.54, 1.807) is 25.3 Å². The Kier molecular flexibility index (Phi) is 7.49. The second-order valence-electron chi connectivity index (χ2n) is 4.48. The van der Waals surface area contributed by atoms with Crippen molar-refractivity contribution in [3.05, 3.63) is 29.8 Å². The number of ether oxygens (including phenoxy) is 1. The summed E-state index contributed by atoms with van der Waals surface area (Å²) in [6.45, 7) is 4.54. The lowest BCUT2D eigenvalue weighted by Gasteiger charge is -2.26. The number of hydrogen-bond acceptors (Lipinski definition) is 3. The Morgan fingerprint density at radius 2 is 2.00 bits per heavy atom. The van der Waals surface area contributed by atoms with Crippen LogP contribution in [0.15, 0.2) is 24.3 Å². The van der Waals surface area contributed by atoms with Crippen LogP contribution in [0.4, 0.5) is 0 Å². The zero-order valence-electron chi connectivity index (χ0n) is 11.7. The smallest absolute Gasteiger partial charge is 0.251 e. The van der Waals surface area contributed by atoms with Crippen molar-refractivity contribution in [1.82, 2.24) is 5.32 Å². The van der Waals surface area contributed by atoms with E-state index in [1.165, 1.54) is 0 Å². The predicted molar refractivity (Wildman–Crippen MR) is 80.1 cm³/mol. The molecule has 108 valence electrons. The van der Waals surface area contributed by atoms with Gasteiger partial charge in [-0.2, -0.15) is 0 Å². The van der Waals surface area contributed by atoms with Gasteiger partial charge in [-0.15, -0.1) is 12.4 Å². The van der Waals surface area contributed by atoms with Crippen LogP contribution in [0.3, 0.4) is 0 Å². The first-order valence-electron chi connectivity index (χ1n) is 6.25. The molecule has 0 aliphatic rings. The average Bonchev–Trinajstić information content (AvgIpc) is 2.44. The summed E-state index contributed by atoms with van der Waals surface area (Å²) in [5.41, 5.74) is 6.40. The van der Waals surface area contributed by atoms with Gasteiger partial charge < -0.3 is 15.8 Å². The molecule has 0 aromatic heterocycles. The Balaban J connectivity index is 0.00000324. The Labute approximate surface area is 121 Å². The maximum atomic E-state index is 12.0. The molecule has 0 saturated carbocycles. The van der Waals surface area contributed by atoms with Gasteiger partial charge in [-0.05, 0) is 31.0 Å². The zero-order chi connectivity index (χ0) is 13.6. The number of hydrogen-bond donors (Lipinski definition) is 2. The maximum Gasteiger partial charge on any atom is 0.251 e. The molecule has 0 spiro atoms. The molecule has 4 nitrogen and oxygen atoms in total. The first-order chi connectivity index (χ1) is 8.54. The minimum Gasteiger partial charge on any atom is -0.497 e. The van der Waals surface area contributed by atoms with Crippen molar-refractivity contribution >= 4 is 18.3 Å². The third-order valence-electron chi connectivity index (χ3n) is 3.34. The first kappa shape index (κ1) is 17.7. The van der Waals surface area contributed by atoms with E-state index >= 15 is 0 Å². The van der Waals surface area contributed by atoms with Crippen LogP contribution in [0.5, 0.6) is 5.75 Å². The van der Waals surface area contributed by atoms with Crippen molar-refractivity contribution in [1.29, 1.82) is 0 Å². The highest BCUT2D eigenvalue weighted by molar-refractivity contribution is 5.94. The lowest BCUT2D eigenvalue weighted by atomic mass is 9.94. The molecule has 0 radical (unpaired) electrons. The van der Waals surface area contributed by atoms with E-state index in [2.05, 4.69) is 5.32 Å². The SMILES string of the molecule is CCC(N)(CC)CNC(=O)c1cccc(OC)c1.Cl. The molecular formula is C14H23ClN2O2. The number of carbonyl (C=O) groups excluding carboxylic acids is 1. The van der Waals surface area contributed by atoms with Crippen molar-refractivity contribution < 1.29 is 9.53 Å². The van der Waals surface area contributed by atoms with Gasteiger partial charge in [-0.3, -0.25) is 4.79 Å². The van der Waals surface area contributed by atoms with Gasteiger partial charge in [0.2, 0.25) is 0 Å². The molecule has 3 N–H and O–H groups in total. The molecule has 1 rings (SSSR count). The molecule has 0 aliphatic carbocycles. The Bertz CT molecular complexity index is 406. The average molecular weight is 287 g/mol. The second-order valence-corrected chi connectivity index (χ2v) is 4.48. The maximum absolute atomic E-state index is 12.0. The lowest BCUT2D eigenvalue weighted by Crippen LogP contribution is -2.49. The number of nitrogens with one attached hydrogen (secondary N) is 1. The van der Waals surface area contributed by atoms with Gasteiger partial charge in [0.1, 0.15) is 5.75 Å². The molecule has 1 amide bonds. The fraction of sp³-hybridized carbons (Fsp3) is 0.500.